The molecule has 2 saturated heterocycles. The van der Waals surface area contributed by atoms with E-state index < -0.39 is 0 Å². The summed E-state index contributed by atoms with van der Waals surface area (Å²) in [7, 11) is 0. The highest BCUT2D eigenvalue weighted by Crippen LogP contribution is 2.23. The third kappa shape index (κ3) is 4.04. The van der Waals surface area contributed by atoms with Crippen LogP contribution in [0.25, 0.3) is 0 Å². The Morgan fingerprint density at radius 2 is 1.82 bits per heavy atom. The first-order valence-corrected chi connectivity index (χ1v) is 7.58. The molecule has 1 amide bonds. The number of hydrogen-bond acceptors (Lipinski definition) is 5. The summed E-state index contributed by atoms with van der Waals surface area (Å²) in [6, 6.07) is 9.79. The molecule has 2 heterocycles. The molecule has 3 rings (SSSR count). The van der Waals surface area contributed by atoms with E-state index in [2.05, 4.69) is 0 Å². The van der Waals surface area contributed by atoms with Gasteiger partial charge in [0.15, 0.2) is 6.29 Å². The highest BCUT2D eigenvalue weighted by Gasteiger charge is 2.25. The van der Waals surface area contributed by atoms with E-state index in [0.717, 1.165) is 5.56 Å². The molecule has 22 heavy (non-hydrogen) atoms. The number of carbonyl (C=O) groups excluding carboxylic acids is 1. The molecule has 2 fully saturated rings. The Kier molecular flexibility index (Phi) is 5.39. The van der Waals surface area contributed by atoms with Crippen LogP contribution in [0.15, 0.2) is 30.3 Å². The Morgan fingerprint density at radius 1 is 1.14 bits per heavy atom. The van der Waals surface area contributed by atoms with Crippen molar-refractivity contribution >= 4 is 5.91 Å². The van der Waals surface area contributed by atoms with Crippen LogP contribution < -0.4 is 0 Å². The predicted molar refractivity (Wildman–Crippen MR) is 78.2 cm³/mol. The number of hydrogen-bond donors (Lipinski definition) is 0. The quantitative estimate of drug-likeness (QED) is 0.830. The van der Waals surface area contributed by atoms with Gasteiger partial charge in [-0.05, 0) is 0 Å². The van der Waals surface area contributed by atoms with Gasteiger partial charge in [-0.15, -0.1) is 0 Å². The molecule has 0 atom stereocenters. The fourth-order valence-electron chi connectivity index (χ4n) is 2.48. The van der Waals surface area contributed by atoms with Crippen molar-refractivity contribution in [2.75, 3.05) is 46.1 Å². The molecular weight excluding hydrogens is 286 g/mol. The smallest absolute Gasteiger partial charge is 0.248 e. The Labute approximate surface area is 129 Å². The van der Waals surface area contributed by atoms with Gasteiger partial charge in [-0.25, -0.2) is 0 Å². The van der Waals surface area contributed by atoms with Crippen LogP contribution in [-0.4, -0.2) is 63.0 Å². The Balaban J connectivity index is 1.39. The maximum absolute atomic E-state index is 12.0. The second-order valence-electron chi connectivity index (χ2n) is 5.34. The lowest BCUT2D eigenvalue weighted by atomic mass is 10.2. The molecule has 0 unspecified atom stereocenters. The zero-order valence-corrected chi connectivity index (χ0v) is 12.5. The van der Waals surface area contributed by atoms with Crippen molar-refractivity contribution in [3.05, 3.63) is 35.9 Å². The van der Waals surface area contributed by atoms with E-state index in [9.17, 15) is 4.79 Å². The predicted octanol–water partition coefficient (Wildman–Crippen LogP) is 0.976. The SMILES string of the molecule is O=C(COC1COC(c2ccccc2)OC1)N1CCOCC1. The summed E-state index contributed by atoms with van der Waals surface area (Å²) < 4.78 is 22.1. The lowest BCUT2D eigenvalue weighted by molar-refractivity contribution is -0.230. The van der Waals surface area contributed by atoms with Crippen LogP contribution in [0.4, 0.5) is 0 Å². The van der Waals surface area contributed by atoms with Gasteiger partial charge in [0, 0.05) is 18.7 Å². The number of rotatable bonds is 4. The standard InChI is InChI=1S/C16H21NO5/c18-15(17-6-8-19-9-7-17)12-20-14-10-21-16(22-11-14)13-4-2-1-3-5-13/h1-5,14,16H,6-12H2. The highest BCUT2D eigenvalue weighted by atomic mass is 16.7. The maximum Gasteiger partial charge on any atom is 0.248 e. The van der Waals surface area contributed by atoms with E-state index in [4.69, 9.17) is 18.9 Å². The average Bonchev–Trinajstić information content (AvgIpc) is 2.61. The molecule has 0 N–H and O–H groups in total. The van der Waals surface area contributed by atoms with Crippen LogP contribution in [0, 0.1) is 0 Å². The molecule has 0 spiro atoms. The normalized spacial score (nSPS) is 25.9. The fourth-order valence-corrected chi connectivity index (χ4v) is 2.48. The summed E-state index contributed by atoms with van der Waals surface area (Å²) in [5.74, 6) is -0.00603. The monoisotopic (exact) mass is 307 g/mol. The zero-order valence-electron chi connectivity index (χ0n) is 12.5. The summed E-state index contributed by atoms with van der Waals surface area (Å²) in [6.45, 7) is 3.38. The van der Waals surface area contributed by atoms with E-state index in [1.165, 1.54) is 0 Å². The summed E-state index contributed by atoms with van der Waals surface area (Å²) in [4.78, 5) is 13.8. The molecule has 0 aliphatic carbocycles. The maximum atomic E-state index is 12.0. The molecule has 0 aromatic heterocycles. The first-order valence-electron chi connectivity index (χ1n) is 7.58. The van der Waals surface area contributed by atoms with Crippen LogP contribution in [0.3, 0.4) is 0 Å². The van der Waals surface area contributed by atoms with Crippen molar-refractivity contribution in [3.63, 3.8) is 0 Å². The molecule has 120 valence electrons. The van der Waals surface area contributed by atoms with Gasteiger partial charge in [-0.1, -0.05) is 30.3 Å². The lowest BCUT2D eigenvalue weighted by Gasteiger charge is -2.31. The molecule has 6 nitrogen and oxygen atoms in total. The van der Waals surface area contributed by atoms with Gasteiger partial charge in [0.2, 0.25) is 5.91 Å². The molecule has 0 saturated carbocycles. The van der Waals surface area contributed by atoms with Crippen molar-refractivity contribution in [2.45, 2.75) is 12.4 Å². The van der Waals surface area contributed by atoms with Crippen molar-refractivity contribution in [1.82, 2.24) is 4.90 Å². The van der Waals surface area contributed by atoms with Crippen LogP contribution in [0.2, 0.25) is 0 Å². The van der Waals surface area contributed by atoms with Crippen molar-refractivity contribution in [3.8, 4) is 0 Å². The third-order valence-electron chi connectivity index (χ3n) is 3.75. The van der Waals surface area contributed by atoms with Crippen LogP contribution in [0.5, 0.6) is 0 Å². The molecule has 1 aromatic carbocycles. The number of amides is 1. The molecule has 1 aromatic rings. The highest BCUT2D eigenvalue weighted by molar-refractivity contribution is 5.77. The van der Waals surface area contributed by atoms with E-state index in [0.29, 0.717) is 39.5 Å². The second kappa shape index (κ2) is 7.69. The minimum absolute atomic E-state index is 0.00603. The van der Waals surface area contributed by atoms with E-state index in [1.807, 2.05) is 30.3 Å². The summed E-state index contributed by atoms with van der Waals surface area (Å²) in [5, 5.41) is 0. The number of nitrogens with zero attached hydrogens (tertiary/aromatic N) is 1. The minimum Gasteiger partial charge on any atom is -0.378 e. The Bertz CT molecular complexity index is 467. The largest absolute Gasteiger partial charge is 0.378 e. The molecule has 6 heteroatoms. The molecular formula is C16H21NO5. The van der Waals surface area contributed by atoms with Crippen molar-refractivity contribution in [1.29, 1.82) is 0 Å². The van der Waals surface area contributed by atoms with Gasteiger partial charge < -0.3 is 23.8 Å². The second-order valence-corrected chi connectivity index (χ2v) is 5.34. The van der Waals surface area contributed by atoms with Gasteiger partial charge in [0.05, 0.1) is 26.4 Å². The van der Waals surface area contributed by atoms with E-state index in [-0.39, 0.29) is 24.9 Å². The van der Waals surface area contributed by atoms with Gasteiger partial charge in [0.25, 0.3) is 0 Å². The number of morpholine rings is 1. The van der Waals surface area contributed by atoms with Crippen LogP contribution >= 0.6 is 0 Å². The first-order chi connectivity index (χ1) is 10.8. The van der Waals surface area contributed by atoms with Gasteiger partial charge in [-0.2, -0.15) is 0 Å². The van der Waals surface area contributed by atoms with E-state index >= 15 is 0 Å². The summed E-state index contributed by atoms with van der Waals surface area (Å²) >= 11 is 0. The topological polar surface area (TPSA) is 57.2 Å². The summed E-state index contributed by atoms with van der Waals surface area (Å²) in [5.41, 5.74) is 0.991. The number of benzene rings is 1. The Hall–Kier alpha value is -1.47. The molecule has 2 aliphatic rings. The first kappa shape index (κ1) is 15.4. The van der Waals surface area contributed by atoms with Gasteiger partial charge in [0.1, 0.15) is 12.7 Å². The van der Waals surface area contributed by atoms with Crippen molar-refractivity contribution in [2.24, 2.45) is 0 Å². The average molecular weight is 307 g/mol. The Morgan fingerprint density at radius 3 is 2.50 bits per heavy atom. The van der Waals surface area contributed by atoms with Gasteiger partial charge in [-0.3, -0.25) is 4.79 Å². The van der Waals surface area contributed by atoms with Crippen LogP contribution in [-0.2, 0) is 23.7 Å². The lowest BCUT2D eigenvalue weighted by Crippen LogP contribution is -2.44. The molecule has 0 radical (unpaired) electrons. The molecule has 2 aliphatic heterocycles. The van der Waals surface area contributed by atoms with Crippen LogP contribution in [0.1, 0.15) is 11.9 Å². The summed E-state index contributed by atoms with van der Waals surface area (Å²) in [6.07, 6.45) is -0.555. The fraction of sp³-hybridized carbons (Fsp3) is 0.562. The third-order valence-corrected chi connectivity index (χ3v) is 3.75. The van der Waals surface area contributed by atoms with Gasteiger partial charge >= 0.3 is 0 Å². The van der Waals surface area contributed by atoms with E-state index in [1.54, 1.807) is 4.90 Å². The zero-order chi connectivity index (χ0) is 15.2. The van der Waals surface area contributed by atoms with Crippen molar-refractivity contribution < 1.29 is 23.7 Å². The number of ether oxygens (including phenoxy) is 4. The minimum atomic E-state index is -0.351. The number of carbonyl (C=O) groups is 1. The molecule has 0 bridgehead atoms.